The van der Waals surface area contributed by atoms with E-state index in [0.29, 0.717) is 31.5 Å². The van der Waals surface area contributed by atoms with Gasteiger partial charge in [-0.05, 0) is 38.1 Å². The topological polar surface area (TPSA) is 78.5 Å². The molecule has 0 aliphatic carbocycles. The molecule has 2 aromatic carbocycles. The molecule has 1 fully saturated rings. The molecular formula is C22H23F2N3O3. The molecule has 0 aromatic heterocycles. The molecule has 158 valence electrons. The van der Waals surface area contributed by atoms with Gasteiger partial charge in [0.1, 0.15) is 0 Å². The van der Waals surface area contributed by atoms with Crippen molar-refractivity contribution in [3.8, 4) is 0 Å². The normalized spacial score (nSPS) is 14.9. The Kier molecular flexibility index (Phi) is 7.24. The summed E-state index contributed by atoms with van der Waals surface area (Å²) in [5, 5.41) is 4.90. The van der Waals surface area contributed by atoms with Gasteiger partial charge in [0.15, 0.2) is 17.4 Å². The minimum Gasteiger partial charge on any atom is -0.346 e. The lowest BCUT2D eigenvalue weighted by Gasteiger charge is -2.30. The SMILES string of the molecule is O=C(CN1CCC(C(=O)c2ccccc2)CC1)NCC(=O)Nc1ccc(F)c(F)c1. The zero-order valence-corrected chi connectivity index (χ0v) is 16.4. The molecule has 2 amide bonds. The van der Waals surface area contributed by atoms with E-state index in [-0.39, 0.29) is 36.4 Å². The second kappa shape index (κ2) is 10.1. The van der Waals surface area contributed by atoms with E-state index in [9.17, 15) is 23.2 Å². The highest BCUT2D eigenvalue weighted by molar-refractivity contribution is 5.98. The van der Waals surface area contributed by atoms with E-state index in [2.05, 4.69) is 10.6 Å². The van der Waals surface area contributed by atoms with Crippen LogP contribution in [0.25, 0.3) is 0 Å². The number of piperidine rings is 1. The fourth-order valence-electron chi connectivity index (χ4n) is 3.41. The average Bonchev–Trinajstić information content (AvgIpc) is 2.75. The number of ketones is 1. The monoisotopic (exact) mass is 415 g/mol. The van der Waals surface area contributed by atoms with Gasteiger partial charge in [-0.15, -0.1) is 0 Å². The van der Waals surface area contributed by atoms with Gasteiger partial charge >= 0.3 is 0 Å². The molecule has 1 aliphatic heterocycles. The smallest absolute Gasteiger partial charge is 0.243 e. The first-order valence-corrected chi connectivity index (χ1v) is 9.75. The van der Waals surface area contributed by atoms with E-state index in [1.54, 1.807) is 0 Å². The number of amides is 2. The Morgan fingerprint density at radius 3 is 2.30 bits per heavy atom. The Morgan fingerprint density at radius 1 is 0.933 bits per heavy atom. The molecular weight excluding hydrogens is 392 g/mol. The van der Waals surface area contributed by atoms with Crippen molar-refractivity contribution >= 4 is 23.3 Å². The second-order valence-electron chi connectivity index (χ2n) is 7.23. The first kappa shape index (κ1) is 21.6. The van der Waals surface area contributed by atoms with Crippen molar-refractivity contribution in [1.82, 2.24) is 10.2 Å². The third-order valence-corrected chi connectivity index (χ3v) is 5.03. The van der Waals surface area contributed by atoms with Gasteiger partial charge in [-0.25, -0.2) is 8.78 Å². The number of likely N-dealkylation sites (tertiary alicyclic amines) is 1. The lowest BCUT2D eigenvalue weighted by Crippen LogP contribution is -2.44. The molecule has 30 heavy (non-hydrogen) atoms. The van der Waals surface area contributed by atoms with E-state index in [0.717, 1.165) is 12.1 Å². The number of carbonyl (C=O) groups is 3. The molecule has 1 heterocycles. The molecule has 3 rings (SSSR count). The minimum absolute atomic E-state index is 0.0476. The second-order valence-corrected chi connectivity index (χ2v) is 7.23. The van der Waals surface area contributed by atoms with Gasteiger partial charge in [-0.1, -0.05) is 30.3 Å². The van der Waals surface area contributed by atoms with Gasteiger partial charge in [0.2, 0.25) is 11.8 Å². The fourth-order valence-corrected chi connectivity index (χ4v) is 3.41. The molecule has 0 unspecified atom stereocenters. The minimum atomic E-state index is -1.06. The standard InChI is InChI=1S/C22H23F2N3O3/c23-18-7-6-17(12-19(18)24)26-20(28)13-25-21(29)14-27-10-8-16(9-11-27)22(30)15-4-2-1-3-5-15/h1-7,12,16H,8-11,13-14H2,(H,25,29)(H,26,28). The van der Waals surface area contributed by atoms with Gasteiger partial charge < -0.3 is 10.6 Å². The van der Waals surface area contributed by atoms with E-state index < -0.39 is 17.5 Å². The van der Waals surface area contributed by atoms with Crippen molar-refractivity contribution in [2.45, 2.75) is 12.8 Å². The molecule has 1 saturated heterocycles. The van der Waals surface area contributed by atoms with Crippen LogP contribution in [0.1, 0.15) is 23.2 Å². The van der Waals surface area contributed by atoms with E-state index >= 15 is 0 Å². The summed E-state index contributed by atoms with van der Waals surface area (Å²) < 4.78 is 26.1. The summed E-state index contributed by atoms with van der Waals surface area (Å²) >= 11 is 0. The van der Waals surface area contributed by atoms with E-state index in [1.165, 1.54) is 6.07 Å². The average molecular weight is 415 g/mol. The quantitative estimate of drug-likeness (QED) is 0.682. The molecule has 0 spiro atoms. The summed E-state index contributed by atoms with van der Waals surface area (Å²) in [5.41, 5.74) is 0.819. The maximum atomic E-state index is 13.2. The Hall–Kier alpha value is -3.13. The fraction of sp³-hybridized carbons (Fsp3) is 0.318. The van der Waals surface area contributed by atoms with E-state index in [4.69, 9.17) is 0 Å². The molecule has 0 atom stereocenters. The summed E-state index contributed by atoms with van der Waals surface area (Å²) in [4.78, 5) is 38.4. The number of carbonyl (C=O) groups excluding carboxylic acids is 3. The number of rotatable bonds is 7. The summed E-state index contributed by atoms with van der Waals surface area (Å²) in [6.07, 6.45) is 1.36. The van der Waals surface area contributed by atoms with Crippen molar-refractivity contribution in [3.63, 3.8) is 0 Å². The van der Waals surface area contributed by atoms with Crippen LogP contribution in [-0.4, -0.2) is 48.7 Å². The summed E-state index contributed by atoms with van der Waals surface area (Å²) in [5.74, 6) is -2.84. The van der Waals surface area contributed by atoms with Crippen LogP contribution in [0.15, 0.2) is 48.5 Å². The maximum absolute atomic E-state index is 13.2. The van der Waals surface area contributed by atoms with Crippen LogP contribution < -0.4 is 10.6 Å². The first-order chi connectivity index (χ1) is 14.4. The van der Waals surface area contributed by atoms with Gasteiger partial charge in [-0.3, -0.25) is 19.3 Å². The number of nitrogens with one attached hydrogen (secondary N) is 2. The number of anilines is 1. The molecule has 0 bridgehead atoms. The van der Waals surface area contributed by atoms with Crippen molar-refractivity contribution in [2.75, 3.05) is 31.5 Å². The molecule has 6 nitrogen and oxygen atoms in total. The molecule has 2 aromatic rings. The van der Waals surface area contributed by atoms with Gasteiger partial charge in [0.05, 0.1) is 13.1 Å². The number of hydrogen-bond acceptors (Lipinski definition) is 4. The van der Waals surface area contributed by atoms with E-state index in [1.807, 2.05) is 35.2 Å². The van der Waals surface area contributed by atoms with Crippen LogP contribution in [-0.2, 0) is 9.59 Å². The number of halogens is 2. The van der Waals surface area contributed by atoms with Gasteiger partial charge in [0.25, 0.3) is 0 Å². The van der Waals surface area contributed by atoms with Crippen molar-refractivity contribution < 1.29 is 23.2 Å². The van der Waals surface area contributed by atoms with Crippen LogP contribution in [0.2, 0.25) is 0 Å². The molecule has 8 heteroatoms. The molecule has 0 saturated carbocycles. The Balaban J connectivity index is 1.38. The Bertz CT molecular complexity index is 913. The van der Waals surface area contributed by atoms with Crippen molar-refractivity contribution in [2.24, 2.45) is 5.92 Å². The highest BCUT2D eigenvalue weighted by Gasteiger charge is 2.26. The number of benzene rings is 2. The zero-order valence-electron chi connectivity index (χ0n) is 16.4. The Labute approximate surface area is 173 Å². The van der Waals surface area contributed by atoms with Crippen LogP contribution >= 0.6 is 0 Å². The summed E-state index contributed by atoms with van der Waals surface area (Å²) in [6.45, 7) is 1.10. The van der Waals surface area contributed by atoms with Crippen molar-refractivity contribution in [1.29, 1.82) is 0 Å². The lowest BCUT2D eigenvalue weighted by atomic mass is 9.89. The highest BCUT2D eigenvalue weighted by atomic mass is 19.2. The van der Waals surface area contributed by atoms with Gasteiger partial charge in [0, 0.05) is 23.2 Å². The molecule has 0 radical (unpaired) electrons. The number of hydrogen-bond donors (Lipinski definition) is 2. The molecule has 2 N–H and O–H groups in total. The highest BCUT2D eigenvalue weighted by Crippen LogP contribution is 2.21. The van der Waals surface area contributed by atoms with Crippen LogP contribution in [0, 0.1) is 17.6 Å². The zero-order chi connectivity index (χ0) is 21.5. The summed E-state index contributed by atoms with van der Waals surface area (Å²) in [6, 6.07) is 12.2. The lowest BCUT2D eigenvalue weighted by molar-refractivity contribution is -0.125. The number of nitrogens with zero attached hydrogens (tertiary/aromatic N) is 1. The predicted octanol–water partition coefficient (Wildman–Crippen LogP) is 2.61. The predicted molar refractivity (Wildman–Crippen MR) is 108 cm³/mol. The van der Waals surface area contributed by atoms with Gasteiger partial charge in [-0.2, -0.15) is 0 Å². The Morgan fingerprint density at radius 2 is 1.63 bits per heavy atom. The third-order valence-electron chi connectivity index (χ3n) is 5.03. The molecule has 1 aliphatic rings. The summed E-state index contributed by atoms with van der Waals surface area (Å²) in [7, 11) is 0. The van der Waals surface area contributed by atoms with Crippen LogP contribution in [0.3, 0.4) is 0 Å². The number of Topliss-reactive ketones (excluding diaryl/α,β-unsaturated/α-hetero) is 1. The first-order valence-electron chi connectivity index (χ1n) is 9.75. The third kappa shape index (κ3) is 5.93. The largest absolute Gasteiger partial charge is 0.346 e. The van der Waals surface area contributed by atoms with Crippen LogP contribution in [0.4, 0.5) is 14.5 Å². The van der Waals surface area contributed by atoms with Crippen molar-refractivity contribution in [3.05, 3.63) is 65.7 Å². The maximum Gasteiger partial charge on any atom is 0.243 e. The van der Waals surface area contributed by atoms with Crippen LogP contribution in [0.5, 0.6) is 0 Å².